The third kappa shape index (κ3) is 4.65. The molecular weight excluding hydrogens is 231 g/mol. The number of ether oxygens (including phenoxy) is 1. The van der Waals surface area contributed by atoms with Gasteiger partial charge in [-0.3, -0.25) is 0 Å². The Labute approximate surface area is 98.8 Å². The van der Waals surface area contributed by atoms with Gasteiger partial charge in [0.1, 0.15) is 5.82 Å². The zero-order valence-electron chi connectivity index (χ0n) is 9.90. The van der Waals surface area contributed by atoms with Crippen molar-refractivity contribution in [1.82, 2.24) is 0 Å². The fourth-order valence-corrected chi connectivity index (χ4v) is 1.26. The lowest BCUT2D eigenvalue weighted by atomic mass is 10.2. The predicted molar refractivity (Wildman–Crippen MR) is 60.5 cm³/mol. The average molecular weight is 247 g/mol. The van der Waals surface area contributed by atoms with Crippen LogP contribution < -0.4 is 5.32 Å². The summed E-state index contributed by atoms with van der Waals surface area (Å²) in [5.74, 6) is -2.67. The summed E-state index contributed by atoms with van der Waals surface area (Å²) in [7, 11) is 0. The number of hydrogen-bond acceptors (Lipinski definition) is 2. The molecule has 1 rings (SSSR count). The third-order valence-electron chi connectivity index (χ3n) is 2.01. The van der Waals surface area contributed by atoms with E-state index >= 15 is 0 Å². The molecule has 2 nitrogen and oxygen atoms in total. The molecule has 1 aromatic rings. The zero-order valence-corrected chi connectivity index (χ0v) is 9.90. The van der Waals surface area contributed by atoms with Gasteiger partial charge in [0.05, 0.1) is 12.3 Å². The summed E-state index contributed by atoms with van der Waals surface area (Å²) >= 11 is 0. The molecule has 0 amide bonds. The van der Waals surface area contributed by atoms with Crippen LogP contribution in [-0.2, 0) is 4.74 Å². The molecule has 0 fully saturated rings. The SMILES string of the molecule is CC(C)COCCNc1cc(F)cc(F)c1F. The van der Waals surface area contributed by atoms with Crippen LogP contribution in [0.25, 0.3) is 0 Å². The maximum absolute atomic E-state index is 13.2. The van der Waals surface area contributed by atoms with E-state index in [0.717, 1.165) is 6.07 Å². The maximum Gasteiger partial charge on any atom is 0.182 e. The topological polar surface area (TPSA) is 21.3 Å². The third-order valence-corrected chi connectivity index (χ3v) is 2.01. The van der Waals surface area contributed by atoms with Gasteiger partial charge in [0.2, 0.25) is 0 Å². The molecule has 0 unspecified atom stereocenters. The summed E-state index contributed by atoms with van der Waals surface area (Å²) < 4.78 is 44.1. The molecule has 0 aliphatic heterocycles. The second kappa shape index (κ2) is 6.49. The van der Waals surface area contributed by atoms with Crippen LogP contribution in [0.1, 0.15) is 13.8 Å². The Bertz CT molecular complexity index is 369. The smallest absolute Gasteiger partial charge is 0.182 e. The molecule has 0 aliphatic rings. The lowest BCUT2D eigenvalue weighted by Gasteiger charge is -2.10. The minimum absolute atomic E-state index is 0.185. The number of hydrogen-bond donors (Lipinski definition) is 1. The average Bonchev–Trinajstić information content (AvgIpc) is 2.23. The summed E-state index contributed by atoms with van der Waals surface area (Å²) in [5, 5.41) is 2.59. The van der Waals surface area contributed by atoms with Gasteiger partial charge in [0.25, 0.3) is 0 Å². The van der Waals surface area contributed by atoms with Crippen LogP contribution in [0.2, 0.25) is 0 Å². The van der Waals surface area contributed by atoms with Crippen molar-refractivity contribution >= 4 is 5.69 Å². The van der Waals surface area contributed by atoms with Gasteiger partial charge in [-0.2, -0.15) is 0 Å². The Morgan fingerprint density at radius 2 is 1.94 bits per heavy atom. The highest BCUT2D eigenvalue weighted by molar-refractivity contribution is 5.45. The molecule has 96 valence electrons. The lowest BCUT2D eigenvalue weighted by molar-refractivity contribution is 0.118. The van der Waals surface area contributed by atoms with Crippen molar-refractivity contribution in [3.8, 4) is 0 Å². The van der Waals surface area contributed by atoms with Crippen LogP contribution in [0.4, 0.5) is 18.9 Å². The summed E-state index contributed by atoms with van der Waals surface area (Å²) in [6.45, 7) is 5.27. The molecule has 17 heavy (non-hydrogen) atoms. The van der Waals surface area contributed by atoms with Crippen molar-refractivity contribution in [2.75, 3.05) is 25.1 Å². The van der Waals surface area contributed by atoms with E-state index in [-0.39, 0.29) is 5.69 Å². The van der Waals surface area contributed by atoms with Gasteiger partial charge in [-0.15, -0.1) is 0 Å². The summed E-state index contributed by atoms with van der Waals surface area (Å²) in [6, 6.07) is 1.43. The fourth-order valence-electron chi connectivity index (χ4n) is 1.26. The Kier molecular flexibility index (Phi) is 5.28. The molecule has 1 N–H and O–H groups in total. The van der Waals surface area contributed by atoms with E-state index in [1.54, 1.807) is 0 Å². The molecule has 0 spiro atoms. The van der Waals surface area contributed by atoms with Crippen molar-refractivity contribution in [3.63, 3.8) is 0 Å². The molecule has 0 bridgehead atoms. The molecule has 5 heteroatoms. The summed E-state index contributed by atoms with van der Waals surface area (Å²) in [4.78, 5) is 0. The lowest BCUT2D eigenvalue weighted by Crippen LogP contribution is -2.13. The van der Waals surface area contributed by atoms with E-state index in [9.17, 15) is 13.2 Å². The molecule has 0 aromatic heterocycles. The Morgan fingerprint density at radius 3 is 2.59 bits per heavy atom. The van der Waals surface area contributed by atoms with Crippen LogP contribution >= 0.6 is 0 Å². The number of nitrogens with one attached hydrogen (secondary N) is 1. The molecule has 1 aromatic carbocycles. The van der Waals surface area contributed by atoms with Crippen molar-refractivity contribution in [3.05, 3.63) is 29.6 Å². The van der Waals surface area contributed by atoms with Gasteiger partial charge in [-0.25, -0.2) is 13.2 Å². The second-order valence-electron chi connectivity index (χ2n) is 4.14. The van der Waals surface area contributed by atoms with Gasteiger partial charge in [0.15, 0.2) is 11.6 Å². The monoisotopic (exact) mass is 247 g/mol. The molecule has 0 radical (unpaired) electrons. The number of rotatable bonds is 6. The van der Waals surface area contributed by atoms with Crippen molar-refractivity contribution < 1.29 is 17.9 Å². The quantitative estimate of drug-likeness (QED) is 0.615. The number of halogens is 3. The first-order valence-electron chi connectivity index (χ1n) is 5.47. The van der Waals surface area contributed by atoms with E-state index in [4.69, 9.17) is 4.74 Å². The van der Waals surface area contributed by atoms with E-state index in [2.05, 4.69) is 5.32 Å². The Balaban J connectivity index is 2.41. The van der Waals surface area contributed by atoms with Gasteiger partial charge < -0.3 is 10.1 Å². The first-order valence-corrected chi connectivity index (χ1v) is 5.47. The predicted octanol–water partition coefficient (Wildman–Crippen LogP) is 3.19. The zero-order chi connectivity index (χ0) is 12.8. The van der Waals surface area contributed by atoms with Gasteiger partial charge in [-0.1, -0.05) is 13.8 Å². The summed E-state index contributed by atoms with van der Waals surface area (Å²) in [5.41, 5.74) is -0.185. The number of anilines is 1. The van der Waals surface area contributed by atoms with Crippen LogP contribution in [0.5, 0.6) is 0 Å². The normalized spacial score (nSPS) is 10.9. The van der Waals surface area contributed by atoms with E-state index in [1.807, 2.05) is 13.8 Å². The van der Waals surface area contributed by atoms with Gasteiger partial charge >= 0.3 is 0 Å². The molecule has 0 saturated heterocycles. The largest absolute Gasteiger partial charge is 0.380 e. The minimum Gasteiger partial charge on any atom is -0.380 e. The highest BCUT2D eigenvalue weighted by Gasteiger charge is 2.10. The fraction of sp³-hybridized carbons (Fsp3) is 0.500. The van der Waals surface area contributed by atoms with Crippen molar-refractivity contribution in [2.45, 2.75) is 13.8 Å². The molecular formula is C12H16F3NO. The Morgan fingerprint density at radius 1 is 1.24 bits per heavy atom. The Hall–Kier alpha value is -1.23. The first-order chi connectivity index (χ1) is 8.00. The molecule has 0 atom stereocenters. The standard InChI is InChI=1S/C12H16F3NO/c1-8(2)7-17-4-3-16-11-6-9(13)5-10(14)12(11)15/h5-6,8,16H,3-4,7H2,1-2H3. The number of benzene rings is 1. The van der Waals surface area contributed by atoms with Crippen LogP contribution in [0, 0.1) is 23.4 Å². The van der Waals surface area contributed by atoms with Crippen LogP contribution in [-0.4, -0.2) is 19.8 Å². The van der Waals surface area contributed by atoms with Gasteiger partial charge in [-0.05, 0) is 5.92 Å². The minimum atomic E-state index is -1.20. The first kappa shape index (κ1) is 13.8. The highest BCUT2D eigenvalue weighted by atomic mass is 19.2. The molecule has 0 aliphatic carbocycles. The molecule has 0 saturated carbocycles. The van der Waals surface area contributed by atoms with E-state index in [1.165, 1.54) is 0 Å². The molecule has 0 heterocycles. The van der Waals surface area contributed by atoms with Crippen molar-refractivity contribution in [1.29, 1.82) is 0 Å². The maximum atomic E-state index is 13.2. The van der Waals surface area contributed by atoms with E-state index < -0.39 is 17.5 Å². The van der Waals surface area contributed by atoms with Gasteiger partial charge in [0, 0.05) is 25.3 Å². The summed E-state index contributed by atoms with van der Waals surface area (Å²) in [6.07, 6.45) is 0. The van der Waals surface area contributed by atoms with Crippen molar-refractivity contribution in [2.24, 2.45) is 5.92 Å². The van der Waals surface area contributed by atoms with Crippen LogP contribution in [0.3, 0.4) is 0 Å². The van der Waals surface area contributed by atoms with E-state index in [0.29, 0.717) is 31.7 Å². The highest BCUT2D eigenvalue weighted by Crippen LogP contribution is 2.18. The second-order valence-corrected chi connectivity index (χ2v) is 4.14. The van der Waals surface area contributed by atoms with Crippen LogP contribution in [0.15, 0.2) is 12.1 Å².